The number of amides is 1. The number of aryl methyl sites for hydroxylation is 1. The number of aromatic nitrogens is 1. The van der Waals surface area contributed by atoms with Gasteiger partial charge in [-0.15, -0.1) is 0 Å². The summed E-state index contributed by atoms with van der Waals surface area (Å²) >= 11 is 0. The molecule has 0 bridgehead atoms. The van der Waals surface area contributed by atoms with E-state index in [0.29, 0.717) is 13.0 Å². The standard InChI is InChI=1S/C19H25N5O/c1-20-19(22-13-16-9-11-23(2)14-16)21-12-15-5-7-17(8-6-15)24-10-3-4-18(24)25/h5-9,11,14H,3-4,10,12-13H2,1-2H3,(H2,20,21,22). The number of guanidine groups is 1. The van der Waals surface area contributed by atoms with Gasteiger partial charge < -0.3 is 20.1 Å². The number of carbonyl (C=O) groups excluding carboxylic acids is 1. The maximum absolute atomic E-state index is 11.8. The summed E-state index contributed by atoms with van der Waals surface area (Å²) in [6.45, 7) is 2.24. The Morgan fingerprint density at radius 2 is 1.84 bits per heavy atom. The lowest BCUT2D eigenvalue weighted by Gasteiger charge is -2.16. The summed E-state index contributed by atoms with van der Waals surface area (Å²) in [6.07, 6.45) is 5.72. The van der Waals surface area contributed by atoms with Crippen LogP contribution in [0.5, 0.6) is 0 Å². The van der Waals surface area contributed by atoms with Gasteiger partial charge in [0.2, 0.25) is 5.91 Å². The Balaban J connectivity index is 1.50. The predicted octanol–water partition coefficient (Wildman–Crippen LogP) is 2.02. The SMILES string of the molecule is CN=C(NCc1ccc(N2CCCC2=O)cc1)NCc1ccn(C)c1. The first kappa shape index (κ1) is 17.1. The molecule has 2 aromatic rings. The zero-order valence-electron chi connectivity index (χ0n) is 14.8. The smallest absolute Gasteiger partial charge is 0.227 e. The zero-order valence-corrected chi connectivity index (χ0v) is 14.8. The van der Waals surface area contributed by atoms with Gasteiger partial charge in [0, 0.05) is 58.2 Å². The van der Waals surface area contributed by atoms with Crippen LogP contribution < -0.4 is 15.5 Å². The minimum absolute atomic E-state index is 0.219. The van der Waals surface area contributed by atoms with Crippen molar-refractivity contribution < 1.29 is 4.79 Å². The molecule has 132 valence electrons. The molecule has 1 aromatic carbocycles. The fourth-order valence-electron chi connectivity index (χ4n) is 2.97. The van der Waals surface area contributed by atoms with Crippen molar-refractivity contribution in [2.45, 2.75) is 25.9 Å². The van der Waals surface area contributed by atoms with E-state index < -0.39 is 0 Å². The number of nitrogens with zero attached hydrogens (tertiary/aromatic N) is 3. The highest BCUT2D eigenvalue weighted by molar-refractivity contribution is 5.95. The molecular weight excluding hydrogens is 314 g/mol. The fraction of sp³-hybridized carbons (Fsp3) is 0.368. The molecule has 1 saturated heterocycles. The predicted molar refractivity (Wildman–Crippen MR) is 100 cm³/mol. The normalized spacial score (nSPS) is 14.9. The van der Waals surface area contributed by atoms with E-state index in [1.165, 1.54) is 5.56 Å². The average molecular weight is 339 g/mol. The molecule has 2 N–H and O–H groups in total. The topological polar surface area (TPSA) is 61.7 Å². The Kier molecular flexibility index (Phi) is 5.38. The third kappa shape index (κ3) is 4.41. The van der Waals surface area contributed by atoms with E-state index in [9.17, 15) is 4.79 Å². The molecule has 0 aliphatic carbocycles. The summed E-state index contributed by atoms with van der Waals surface area (Å²) in [4.78, 5) is 17.9. The third-order valence-corrected chi connectivity index (χ3v) is 4.36. The number of rotatable bonds is 5. The fourth-order valence-corrected chi connectivity index (χ4v) is 2.97. The second-order valence-electron chi connectivity index (χ2n) is 6.28. The van der Waals surface area contributed by atoms with E-state index >= 15 is 0 Å². The van der Waals surface area contributed by atoms with Crippen LogP contribution >= 0.6 is 0 Å². The first-order valence-corrected chi connectivity index (χ1v) is 8.60. The molecule has 1 amide bonds. The minimum atomic E-state index is 0.219. The molecule has 0 radical (unpaired) electrons. The second-order valence-corrected chi connectivity index (χ2v) is 6.28. The highest BCUT2D eigenvalue weighted by atomic mass is 16.2. The number of nitrogens with one attached hydrogen (secondary N) is 2. The Hall–Kier alpha value is -2.76. The van der Waals surface area contributed by atoms with Gasteiger partial charge in [0.15, 0.2) is 5.96 Å². The van der Waals surface area contributed by atoms with Crippen LogP contribution in [0.3, 0.4) is 0 Å². The minimum Gasteiger partial charge on any atom is -0.357 e. The molecule has 1 aliphatic heterocycles. The number of carbonyl (C=O) groups is 1. The van der Waals surface area contributed by atoms with Crippen LogP contribution in [0.25, 0.3) is 0 Å². The van der Waals surface area contributed by atoms with Crippen LogP contribution in [0.2, 0.25) is 0 Å². The molecule has 0 spiro atoms. The maximum Gasteiger partial charge on any atom is 0.227 e. The van der Waals surface area contributed by atoms with Crippen molar-refractivity contribution in [1.82, 2.24) is 15.2 Å². The van der Waals surface area contributed by atoms with E-state index in [0.717, 1.165) is 36.7 Å². The summed E-state index contributed by atoms with van der Waals surface area (Å²) in [5, 5.41) is 6.62. The quantitative estimate of drug-likeness (QED) is 0.647. The molecule has 2 heterocycles. The van der Waals surface area contributed by atoms with Crippen LogP contribution in [-0.4, -0.2) is 30.0 Å². The molecule has 25 heavy (non-hydrogen) atoms. The molecule has 6 nitrogen and oxygen atoms in total. The molecule has 1 fully saturated rings. The highest BCUT2D eigenvalue weighted by Crippen LogP contribution is 2.21. The summed E-state index contributed by atoms with van der Waals surface area (Å²) < 4.78 is 2.03. The van der Waals surface area contributed by atoms with Crippen LogP contribution in [0.15, 0.2) is 47.7 Å². The van der Waals surface area contributed by atoms with Gasteiger partial charge in [-0.2, -0.15) is 0 Å². The van der Waals surface area contributed by atoms with Crippen molar-refractivity contribution in [3.05, 3.63) is 53.9 Å². The Labute approximate surface area is 148 Å². The Bertz CT molecular complexity index is 747. The van der Waals surface area contributed by atoms with E-state index in [1.807, 2.05) is 34.8 Å². The first-order valence-electron chi connectivity index (χ1n) is 8.60. The van der Waals surface area contributed by atoms with E-state index in [1.54, 1.807) is 7.05 Å². The van der Waals surface area contributed by atoms with Crippen molar-refractivity contribution in [2.24, 2.45) is 12.0 Å². The van der Waals surface area contributed by atoms with Crippen molar-refractivity contribution in [3.63, 3.8) is 0 Å². The van der Waals surface area contributed by atoms with Crippen molar-refractivity contribution in [1.29, 1.82) is 0 Å². The van der Waals surface area contributed by atoms with E-state index in [2.05, 4.69) is 40.0 Å². The summed E-state index contributed by atoms with van der Waals surface area (Å²) in [5.74, 6) is 0.985. The number of hydrogen-bond donors (Lipinski definition) is 2. The third-order valence-electron chi connectivity index (χ3n) is 4.36. The van der Waals surface area contributed by atoms with Crippen LogP contribution in [0, 0.1) is 0 Å². The molecule has 0 atom stereocenters. The molecule has 1 aliphatic rings. The van der Waals surface area contributed by atoms with Gasteiger partial charge in [-0.1, -0.05) is 12.1 Å². The number of aliphatic imine (C=N–C) groups is 1. The lowest BCUT2D eigenvalue weighted by Crippen LogP contribution is -2.36. The van der Waals surface area contributed by atoms with Crippen molar-refractivity contribution >= 4 is 17.6 Å². The summed E-state index contributed by atoms with van der Waals surface area (Å²) in [6, 6.07) is 10.2. The van der Waals surface area contributed by atoms with Gasteiger partial charge in [0.05, 0.1) is 0 Å². The maximum atomic E-state index is 11.8. The van der Waals surface area contributed by atoms with Gasteiger partial charge >= 0.3 is 0 Å². The summed E-state index contributed by atoms with van der Waals surface area (Å²) in [5.41, 5.74) is 3.35. The molecule has 1 aromatic heterocycles. The van der Waals surface area contributed by atoms with Gasteiger partial charge in [0.1, 0.15) is 0 Å². The van der Waals surface area contributed by atoms with Crippen LogP contribution in [0.4, 0.5) is 5.69 Å². The average Bonchev–Trinajstić information content (AvgIpc) is 3.24. The second kappa shape index (κ2) is 7.88. The van der Waals surface area contributed by atoms with Gasteiger partial charge in [-0.05, 0) is 35.7 Å². The van der Waals surface area contributed by atoms with E-state index in [-0.39, 0.29) is 5.91 Å². The Morgan fingerprint density at radius 3 is 2.40 bits per heavy atom. The van der Waals surface area contributed by atoms with Crippen molar-refractivity contribution in [2.75, 3.05) is 18.5 Å². The van der Waals surface area contributed by atoms with Gasteiger partial charge in [-0.25, -0.2) is 0 Å². The highest BCUT2D eigenvalue weighted by Gasteiger charge is 2.21. The number of anilines is 1. The molecule has 0 saturated carbocycles. The zero-order chi connectivity index (χ0) is 17.6. The molecule has 0 unspecified atom stereocenters. The number of benzene rings is 1. The van der Waals surface area contributed by atoms with Gasteiger partial charge in [-0.3, -0.25) is 9.79 Å². The molecule has 3 rings (SSSR count). The van der Waals surface area contributed by atoms with E-state index in [4.69, 9.17) is 0 Å². The molecule has 6 heteroatoms. The van der Waals surface area contributed by atoms with Crippen LogP contribution in [0.1, 0.15) is 24.0 Å². The lowest BCUT2D eigenvalue weighted by atomic mass is 10.2. The Morgan fingerprint density at radius 1 is 1.12 bits per heavy atom. The van der Waals surface area contributed by atoms with Crippen molar-refractivity contribution in [3.8, 4) is 0 Å². The summed E-state index contributed by atoms with van der Waals surface area (Å²) in [7, 11) is 3.78. The molecular formula is C19H25N5O. The monoisotopic (exact) mass is 339 g/mol. The van der Waals surface area contributed by atoms with Gasteiger partial charge in [0.25, 0.3) is 0 Å². The van der Waals surface area contributed by atoms with Crippen LogP contribution in [-0.2, 0) is 24.9 Å². The number of hydrogen-bond acceptors (Lipinski definition) is 2. The first-order chi connectivity index (χ1) is 12.2. The lowest BCUT2D eigenvalue weighted by molar-refractivity contribution is -0.117. The largest absolute Gasteiger partial charge is 0.357 e.